The molecule has 0 atom stereocenters. The van der Waals surface area contributed by atoms with Crippen molar-refractivity contribution < 1.29 is 4.43 Å². The average Bonchev–Trinajstić information content (AvgIpc) is 2.37. The molecule has 104 valence electrons. The van der Waals surface area contributed by atoms with Gasteiger partial charge in [0.05, 0.1) is 0 Å². The molecule has 0 radical (unpaired) electrons. The summed E-state index contributed by atoms with van der Waals surface area (Å²) in [5, 5.41) is 0. The van der Waals surface area contributed by atoms with Crippen LogP contribution in [-0.4, -0.2) is 35.0 Å². The zero-order valence-corrected chi connectivity index (χ0v) is 13.1. The minimum absolute atomic E-state index is 0.816. The third-order valence-corrected chi connectivity index (χ3v) is 5.28. The van der Waals surface area contributed by atoms with Gasteiger partial charge in [-0.05, 0) is 45.3 Å². The van der Waals surface area contributed by atoms with Crippen LogP contribution in [0.25, 0.3) is 0 Å². The second-order valence-electron chi connectivity index (χ2n) is 4.31. The minimum atomic E-state index is -2.13. The molecule has 3 N–H and O–H groups in total. The monoisotopic (exact) mass is 261 g/mol. The molecule has 0 bridgehead atoms. The fourth-order valence-electron chi connectivity index (χ4n) is 1.50. The van der Waals surface area contributed by atoms with Crippen molar-refractivity contribution in [3.05, 3.63) is 0 Å². The van der Waals surface area contributed by atoms with E-state index in [9.17, 15) is 0 Å². The molecule has 17 heavy (non-hydrogen) atoms. The van der Waals surface area contributed by atoms with E-state index in [4.69, 9.17) is 4.43 Å². The summed E-state index contributed by atoms with van der Waals surface area (Å²) in [6, 6.07) is 0. The number of hydrogen-bond acceptors (Lipinski definition) is 4. The van der Waals surface area contributed by atoms with Crippen LogP contribution >= 0.6 is 0 Å². The maximum Gasteiger partial charge on any atom is 0.440 e. The van der Waals surface area contributed by atoms with Crippen LogP contribution in [0.3, 0.4) is 0 Å². The van der Waals surface area contributed by atoms with Crippen molar-refractivity contribution in [3.8, 4) is 0 Å². The lowest BCUT2D eigenvalue weighted by atomic mass is 10.5. The van der Waals surface area contributed by atoms with Crippen molar-refractivity contribution in [2.24, 2.45) is 0 Å². The van der Waals surface area contributed by atoms with E-state index in [0.717, 1.165) is 51.9 Å². The first-order valence-corrected chi connectivity index (χ1v) is 9.04. The molecule has 5 heteroatoms. The number of rotatable bonds is 12. The fourth-order valence-corrected chi connectivity index (χ4v) is 4.50. The second-order valence-corrected chi connectivity index (χ2v) is 7.02. The van der Waals surface area contributed by atoms with Gasteiger partial charge in [0.15, 0.2) is 0 Å². The van der Waals surface area contributed by atoms with Crippen molar-refractivity contribution in [2.75, 3.05) is 26.2 Å². The largest absolute Gasteiger partial charge is 0.440 e. The highest BCUT2D eigenvalue weighted by atomic mass is 28.4. The Labute approximate surface area is 108 Å². The quantitative estimate of drug-likeness (QED) is 0.469. The van der Waals surface area contributed by atoms with Gasteiger partial charge in [0, 0.05) is 6.61 Å². The van der Waals surface area contributed by atoms with Gasteiger partial charge in [-0.15, -0.1) is 0 Å². The maximum atomic E-state index is 6.09. The predicted octanol–water partition coefficient (Wildman–Crippen LogP) is 1.85. The third kappa shape index (κ3) is 7.89. The molecule has 0 heterocycles. The van der Waals surface area contributed by atoms with Crippen LogP contribution in [0.4, 0.5) is 0 Å². The first-order valence-electron chi connectivity index (χ1n) is 7.13. The zero-order chi connectivity index (χ0) is 13.0. The van der Waals surface area contributed by atoms with Gasteiger partial charge >= 0.3 is 8.80 Å². The third-order valence-electron chi connectivity index (χ3n) is 2.39. The van der Waals surface area contributed by atoms with E-state index in [-0.39, 0.29) is 0 Å². The lowest BCUT2D eigenvalue weighted by molar-refractivity contribution is 0.267. The van der Waals surface area contributed by atoms with Crippen LogP contribution in [0.5, 0.6) is 0 Å². The van der Waals surface area contributed by atoms with Crippen molar-refractivity contribution >= 4 is 8.80 Å². The van der Waals surface area contributed by atoms with Crippen LogP contribution in [0.15, 0.2) is 0 Å². The summed E-state index contributed by atoms with van der Waals surface area (Å²) in [7, 11) is -2.13. The highest BCUT2D eigenvalue weighted by molar-refractivity contribution is 6.66. The van der Waals surface area contributed by atoms with Crippen LogP contribution in [0.2, 0.25) is 0 Å². The molecule has 0 aliphatic rings. The molecule has 0 aromatic rings. The van der Waals surface area contributed by atoms with Gasteiger partial charge < -0.3 is 4.43 Å². The fraction of sp³-hybridized carbons (Fsp3) is 1.00. The molecule has 0 unspecified atom stereocenters. The lowest BCUT2D eigenvalue weighted by Crippen LogP contribution is -2.74. The molecule has 0 aromatic heterocycles. The average molecular weight is 261 g/mol. The van der Waals surface area contributed by atoms with Crippen molar-refractivity contribution in [1.29, 1.82) is 0 Å². The van der Waals surface area contributed by atoms with Gasteiger partial charge in [-0.25, -0.2) is 0 Å². The molecular weight excluding hydrogens is 230 g/mol. The Morgan fingerprint density at radius 2 is 1.12 bits per heavy atom. The van der Waals surface area contributed by atoms with E-state index < -0.39 is 8.80 Å². The molecule has 0 saturated heterocycles. The first kappa shape index (κ1) is 17.1. The van der Waals surface area contributed by atoms with Gasteiger partial charge in [0.1, 0.15) is 0 Å². The van der Waals surface area contributed by atoms with Gasteiger partial charge in [-0.1, -0.05) is 27.7 Å². The van der Waals surface area contributed by atoms with Crippen molar-refractivity contribution in [1.82, 2.24) is 14.9 Å². The van der Waals surface area contributed by atoms with E-state index in [1.807, 2.05) is 0 Å². The van der Waals surface area contributed by atoms with Crippen molar-refractivity contribution in [2.45, 2.75) is 53.4 Å². The Bertz CT molecular complexity index is 132. The Kier molecular flexibility index (Phi) is 11.2. The van der Waals surface area contributed by atoms with Gasteiger partial charge in [0.25, 0.3) is 0 Å². The second kappa shape index (κ2) is 11.2. The number of nitrogens with one attached hydrogen (secondary N) is 3. The summed E-state index contributed by atoms with van der Waals surface area (Å²) in [5.74, 6) is 0. The standard InChI is InChI=1S/C12H31N3OSi/c1-5-9-13-17(14-10-6-2,15-11-7-3)16-12-8-4/h13-15H,5-12H2,1-4H3. The molecule has 0 fully saturated rings. The first-order chi connectivity index (χ1) is 8.24. The summed E-state index contributed by atoms with van der Waals surface area (Å²) >= 11 is 0. The summed E-state index contributed by atoms with van der Waals surface area (Å²) in [4.78, 5) is 10.7. The summed E-state index contributed by atoms with van der Waals surface area (Å²) in [5.41, 5.74) is 0. The van der Waals surface area contributed by atoms with Gasteiger partial charge in [0.2, 0.25) is 0 Å². The SMILES string of the molecule is CCCN[Si](NCCC)(NCCC)OCCC. The predicted molar refractivity (Wildman–Crippen MR) is 76.9 cm³/mol. The minimum Gasteiger partial charge on any atom is -0.380 e. The zero-order valence-electron chi connectivity index (χ0n) is 12.1. The highest BCUT2D eigenvalue weighted by Crippen LogP contribution is 1.96. The summed E-state index contributed by atoms with van der Waals surface area (Å²) < 4.78 is 6.09. The lowest BCUT2D eigenvalue weighted by Gasteiger charge is -2.32. The van der Waals surface area contributed by atoms with Crippen LogP contribution in [-0.2, 0) is 4.43 Å². The summed E-state index contributed by atoms with van der Waals surface area (Å²) in [6.45, 7) is 12.5. The van der Waals surface area contributed by atoms with Crippen LogP contribution in [0, 0.1) is 0 Å². The molecule has 0 aromatic carbocycles. The van der Waals surface area contributed by atoms with Crippen LogP contribution < -0.4 is 14.9 Å². The molecule has 0 saturated carbocycles. The van der Waals surface area contributed by atoms with E-state index in [2.05, 4.69) is 42.6 Å². The Morgan fingerprint density at radius 3 is 1.41 bits per heavy atom. The van der Waals surface area contributed by atoms with Gasteiger partial charge in [-0.2, -0.15) is 0 Å². The highest BCUT2D eigenvalue weighted by Gasteiger charge is 2.35. The molecular formula is C12H31N3OSi. The van der Waals surface area contributed by atoms with E-state index in [0.29, 0.717) is 0 Å². The topological polar surface area (TPSA) is 45.3 Å². The van der Waals surface area contributed by atoms with Gasteiger partial charge in [-0.3, -0.25) is 14.9 Å². The maximum absolute atomic E-state index is 6.09. The smallest absolute Gasteiger partial charge is 0.380 e. The van der Waals surface area contributed by atoms with E-state index >= 15 is 0 Å². The summed E-state index contributed by atoms with van der Waals surface area (Å²) in [6.07, 6.45) is 4.45. The normalized spacial score (nSPS) is 12.0. The van der Waals surface area contributed by atoms with E-state index in [1.54, 1.807) is 0 Å². The molecule has 0 aliphatic carbocycles. The van der Waals surface area contributed by atoms with Crippen LogP contribution in [0.1, 0.15) is 53.4 Å². The Hall–Kier alpha value is 0.0569. The molecule has 0 amide bonds. The van der Waals surface area contributed by atoms with Crippen molar-refractivity contribution in [3.63, 3.8) is 0 Å². The number of hydrogen-bond donors (Lipinski definition) is 3. The molecule has 4 nitrogen and oxygen atoms in total. The Balaban J connectivity index is 4.39. The Morgan fingerprint density at radius 1 is 0.706 bits per heavy atom. The molecule has 0 aliphatic heterocycles. The molecule has 0 spiro atoms. The van der Waals surface area contributed by atoms with E-state index in [1.165, 1.54) is 0 Å². The molecule has 0 rings (SSSR count).